The number of nitrogens with one attached hydrogen (secondary N) is 1. The second-order valence-corrected chi connectivity index (χ2v) is 5.70. The Bertz CT molecular complexity index is 592. The minimum Gasteiger partial charge on any atom is -0.326 e. The molecule has 0 aliphatic rings. The minimum absolute atomic E-state index is 0.00885. The highest BCUT2D eigenvalue weighted by Crippen LogP contribution is 2.12. The number of carbonyl (C=O) groups excluding carboxylic acids is 1. The molecule has 1 aromatic carbocycles. The van der Waals surface area contributed by atoms with E-state index in [9.17, 15) is 4.79 Å². The summed E-state index contributed by atoms with van der Waals surface area (Å²) in [5.74, 6) is 0.00885. The van der Waals surface area contributed by atoms with E-state index in [-0.39, 0.29) is 5.91 Å². The molecule has 0 atom stereocenters. The van der Waals surface area contributed by atoms with E-state index >= 15 is 0 Å². The zero-order chi connectivity index (χ0) is 13.8. The molecule has 0 unspecified atom stereocenters. The zero-order valence-corrected chi connectivity index (χ0v) is 13.1. The molecule has 5 heteroatoms. The Labute approximate surface area is 126 Å². The Morgan fingerprint density at radius 2 is 2.16 bits per heavy atom. The van der Waals surface area contributed by atoms with E-state index in [0.29, 0.717) is 13.0 Å². The average Bonchev–Trinajstić information content (AvgIpc) is 2.65. The highest BCUT2D eigenvalue weighted by molar-refractivity contribution is 14.1. The number of nitrogens with zero attached hydrogens (tertiary/aromatic N) is 2. The number of hydrogen-bond acceptors (Lipinski definition) is 2. The van der Waals surface area contributed by atoms with Crippen LogP contribution in [-0.4, -0.2) is 15.7 Å². The van der Waals surface area contributed by atoms with Crippen LogP contribution in [0.4, 0.5) is 5.69 Å². The number of anilines is 1. The van der Waals surface area contributed by atoms with Crippen LogP contribution in [0.1, 0.15) is 17.8 Å². The fourth-order valence-corrected chi connectivity index (χ4v) is 2.44. The number of hydrogen-bond donors (Lipinski definition) is 1. The smallest absolute Gasteiger partial charge is 0.226 e. The van der Waals surface area contributed by atoms with Gasteiger partial charge in [0.25, 0.3) is 0 Å². The van der Waals surface area contributed by atoms with E-state index in [4.69, 9.17) is 0 Å². The summed E-state index contributed by atoms with van der Waals surface area (Å²) in [6, 6.07) is 9.77. The van der Waals surface area contributed by atoms with Gasteiger partial charge in [0.2, 0.25) is 5.91 Å². The quantitative estimate of drug-likeness (QED) is 0.842. The lowest BCUT2D eigenvalue weighted by Crippen LogP contribution is -2.15. The number of carbonyl (C=O) groups is 1. The molecule has 1 aromatic heterocycles. The van der Waals surface area contributed by atoms with Gasteiger partial charge in [0.1, 0.15) is 0 Å². The van der Waals surface area contributed by atoms with Gasteiger partial charge in [0.15, 0.2) is 0 Å². The first kappa shape index (κ1) is 14.0. The van der Waals surface area contributed by atoms with Crippen LogP contribution in [0.5, 0.6) is 0 Å². The third-order valence-corrected chi connectivity index (χ3v) is 3.43. The molecule has 1 amide bonds. The van der Waals surface area contributed by atoms with E-state index in [1.165, 1.54) is 0 Å². The Morgan fingerprint density at radius 3 is 2.79 bits per heavy atom. The molecular formula is C14H16IN3O. The van der Waals surface area contributed by atoms with Crippen LogP contribution in [0.3, 0.4) is 0 Å². The summed E-state index contributed by atoms with van der Waals surface area (Å²) >= 11 is 2.22. The molecule has 1 N–H and O–H groups in total. The number of rotatable bonds is 4. The minimum atomic E-state index is 0.00885. The Morgan fingerprint density at radius 1 is 1.37 bits per heavy atom. The first-order valence-electron chi connectivity index (χ1n) is 6.11. The van der Waals surface area contributed by atoms with Crippen molar-refractivity contribution in [3.63, 3.8) is 0 Å². The van der Waals surface area contributed by atoms with Crippen molar-refractivity contribution in [2.24, 2.45) is 0 Å². The van der Waals surface area contributed by atoms with Gasteiger partial charge in [0, 0.05) is 27.9 Å². The summed E-state index contributed by atoms with van der Waals surface area (Å²) in [6.07, 6.45) is 0.424. The number of aromatic nitrogens is 2. The van der Waals surface area contributed by atoms with Crippen molar-refractivity contribution < 1.29 is 4.79 Å². The summed E-state index contributed by atoms with van der Waals surface area (Å²) in [5.41, 5.74) is 2.90. The Kier molecular flexibility index (Phi) is 4.57. The maximum absolute atomic E-state index is 11.9. The predicted molar refractivity (Wildman–Crippen MR) is 84.1 cm³/mol. The van der Waals surface area contributed by atoms with Gasteiger partial charge in [-0.05, 0) is 60.7 Å². The van der Waals surface area contributed by atoms with Crippen molar-refractivity contribution in [1.29, 1.82) is 0 Å². The van der Waals surface area contributed by atoms with Crippen LogP contribution in [0.15, 0.2) is 30.3 Å². The monoisotopic (exact) mass is 369 g/mol. The summed E-state index contributed by atoms with van der Waals surface area (Å²) in [4.78, 5) is 11.9. The molecule has 0 spiro atoms. The van der Waals surface area contributed by atoms with Gasteiger partial charge in [-0.15, -0.1) is 0 Å². The van der Waals surface area contributed by atoms with Crippen molar-refractivity contribution in [2.45, 2.75) is 26.8 Å². The largest absolute Gasteiger partial charge is 0.326 e. The highest BCUT2D eigenvalue weighted by atomic mass is 127. The second-order valence-electron chi connectivity index (χ2n) is 4.46. The highest BCUT2D eigenvalue weighted by Gasteiger charge is 2.06. The number of amides is 1. The fourth-order valence-electron chi connectivity index (χ4n) is 1.90. The topological polar surface area (TPSA) is 46.9 Å². The molecule has 0 fully saturated rings. The SMILES string of the molecule is Cc1cc(C)n(CCC(=O)Nc2cccc(I)c2)n1. The molecule has 0 radical (unpaired) electrons. The summed E-state index contributed by atoms with van der Waals surface area (Å²) in [5, 5.41) is 7.23. The van der Waals surface area contributed by atoms with Gasteiger partial charge < -0.3 is 5.32 Å². The first-order chi connectivity index (χ1) is 9.04. The molecule has 2 aromatic rings. The van der Waals surface area contributed by atoms with E-state index in [2.05, 4.69) is 33.0 Å². The Balaban J connectivity index is 1.90. The van der Waals surface area contributed by atoms with Crippen LogP contribution < -0.4 is 5.32 Å². The van der Waals surface area contributed by atoms with Gasteiger partial charge in [-0.3, -0.25) is 9.48 Å². The van der Waals surface area contributed by atoms with Gasteiger partial charge in [-0.1, -0.05) is 6.07 Å². The van der Waals surface area contributed by atoms with Gasteiger partial charge >= 0.3 is 0 Å². The predicted octanol–water partition coefficient (Wildman–Crippen LogP) is 3.13. The molecule has 0 aliphatic carbocycles. The van der Waals surface area contributed by atoms with Gasteiger partial charge in [-0.2, -0.15) is 5.10 Å². The molecule has 0 bridgehead atoms. The molecule has 4 nitrogen and oxygen atoms in total. The lowest BCUT2D eigenvalue weighted by molar-refractivity contribution is -0.116. The van der Waals surface area contributed by atoms with E-state index in [1.54, 1.807) is 0 Å². The van der Waals surface area contributed by atoms with Gasteiger partial charge in [-0.25, -0.2) is 0 Å². The third kappa shape index (κ3) is 4.05. The molecule has 1 heterocycles. The van der Waals surface area contributed by atoms with Crippen LogP contribution in [0, 0.1) is 17.4 Å². The normalized spacial score (nSPS) is 10.5. The van der Waals surface area contributed by atoms with E-state index in [1.807, 2.05) is 48.9 Å². The van der Waals surface area contributed by atoms with Gasteiger partial charge in [0.05, 0.1) is 5.69 Å². The van der Waals surface area contributed by atoms with Crippen LogP contribution in [0.2, 0.25) is 0 Å². The van der Waals surface area contributed by atoms with Crippen LogP contribution in [0.25, 0.3) is 0 Å². The van der Waals surface area contributed by atoms with E-state index < -0.39 is 0 Å². The standard InChI is InChI=1S/C14H16IN3O/c1-10-8-11(2)18(17-10)7-6-14(19)16-13-5-3-4-12(15)9-13/h3-5,8-9H,6-7H2,1-2H3,(H,16,19). The van der Waals surface area contributed by atoms with E-state index in [0.717, 1.165) is 20.6 Å². The average molecular weight is 369 g/mol. The lowest BCUT2D eigenvalue weighted by Gasteiger charge is -2.07. The number of aryl methyl sites for hydroxylation is 3. The van der Waals surface area contributed by atoms with Crippen molar-refractivity contribution in [2.75, 3.05) is 5.32 Å². The Hall–Kier alpha value is -1.37. The van der Waals surface area contributed by atoms with Crippen LogP contribution in [-0.2, 0) is 11.3 Å². The number of halogens is 1. The maximum Gasteiger partial charge on any atom is 0.226 e. The first-order valence-corrected chi connectivity index (χ1v) is 7.19. The van der Waals surface area contributed by atoms with Crippen molar-refractivity contribution >= 4 is 34.2 Å². The van der Waals surface area contributed by atoms with Crippen molar-refractivity contribution in [3.05, 3.63) is 45.3 Å². The fraction of sp³-hybridized carbons (Fsp3) is 0.286. The molecule has 19 heavy (non-hydrogen) atoms. The molecule has 100 valence electrons. The molecule has 0 saturated carbocycles. The maximum atomic E-state index is 11.9. The number of benzene rings is 1. The molecule has 0 saturated heterocycles. The summed E-state index contributed by atoms with van der Waals surface area (Å²) in [7, 11) is 0. The van der Waals surface area contributed by atoms with Crippen molar-refractivity contribution in [3.8, 4) is 0 Å². The summed E-state index contributed by atoms with van der Waals surface area (Å²) < 4.78 is 2.97. The second kappa shape index (κ2) is 6.18. The summed E-state index contributed by atoms with van der Waals surface area (Å²) in [6.45, 7) is 4.56. The van der Waals surface area contributed by atoms with Crippen molar-refractivity contribution in [1.82, 2.24) is 9.78 Å². The molecular weight excluding hydrogens is 353 g/mol. The zero-order valence-electron chi connectivity index (χ0n) is 11.0. The lowest BCUT2D eigenvalue weighted by atomic mass is 10.3. The molecule has 0 aliphatic heterocycles. The van der Waals surface area contributed by atoms with Crippen LogP contribution >= 0.6 is 22.6 Å². The molecule has 2 rings (SSSR count). The third-order valence-electron chi connectivity index (χ3n) is 2.76.